The smallest absolute Gasteiger partial charge is 0.0581 e. The summed E-state index contributed by atoms with van der Waals surface area (Å²) >= 11 is 1.57. The van der Waals surface area contributed by atoms with Crippen LogP contribution in [0.15, 0.2) is 11.6 Å². The van der Waals surface area contributed by atoms with Crippen LogP contribution in [-0.4, -0.2) is 5.75 Å². The maximum Gasteiger partial charge on any atom is 0.0581 e. The lowest BCUT2D eigenvalue weighted by Crippen LogP contribution is -1.87. The molecule has 0 aliphatic rings. The zero-order valence-electron chi connectivity index (χ0n) is 3.90. The van der Waals surface area contributed by atoms with Crippen LogP contribution in [0.2, 0.25) is 0 Å². The van der Waals surface area contributed by atoms with E-state index in [1.54, 1.807) is 11.8 Å². The van der Waals surface area contributed by atoms with Crippen LogP contribution in [0.25, 0.3) is 0 Å². The van der Waals surface area contributed by atoms with E-state index < -0.39 is 0 Å². The number of hydrogen-bond acceptors (Lipinski definition) is 2. The topological polar surface area (TPSA) is 26.0 Å². The molecule has 36 valence electrons. The predicted octanol–water partition coefficient (Wildman–Crippen LogP) is 1.17. The van der Waals surface area contributed by atoms with Crippen LogP contribution in [0.3, 0.4) is 0 Å². The van der Waals surface area contributed by atoms with Crippen molar-refractivity contribution >= 4 is 11.8 Å². The average molecular weight is 103 g/mol. The molecule has 0 aliphatic heterocycles. The molecule has 0 heterocycles. The van der Waals surface area contributed by atoms with Crippen LogP contribution in [0.4, 0.5) is 0 Å². The molecule has 2 N–H and O–H groups in total. The van der Waals surface area contributed by atoms with Gasteiger partial charge in [-0.05, 0) is 5.75 Å². The molecule has 2 heteroatoms. The van der Waals surface area contributed by atoms with Gasteiger partial charge >= 0.3 is 0 Å². The Morgan fingerprint density at radius 2 is 2.50 bits per heavy atom. The molecular formula is C4H9NS. The van der Waals surface area contributed by atoms with Gasteiger partial charge in [0.1, 0.15) is 0 Å². The van der Waals surface area contributed by atoms with Crippen LogP contribution in [-0.2, 0) is 0 Å². The van der Waals surface area contributed by atoms with Crippen LogP contribution in [0.1, 0.15) is 6.92 Å². The average Bonchev–Trinajstić information content (AvgIpc) is 1.35. The molecule has 0 unspecified atom stereocenters. The molecule has 0 aliphatic carbocycles. The number of rotatable bonds is 2. The maximum absolute atomic E-state index is 5.17. The second-order valence-electron chi connectivity index (χ2n) is 0.899. The molecule has 0 aromatic carbocycles. The highest BCUT2D eigenvalue weighted by molar-refractivity contribution is 8.02. The first kappa shape index (κ1) is 5.89. The Labute approximate surface area is 42.6 Å². The molecule has 0 rings (SSSR count). The summed E-state index contributed by atoms with van der Waals surface area (Å²) < 4.78 is 0. The zero-order valence-corrected chi connectivity index (χ0v) is 4.72. The Morgan fingerprint density at radius 1 is 2.00 bits per heavy atom. The maximum atomic E-state index is 5.17. The molecule has 0 bridgehead atoms. The standard InChI is InChI=1S/C4H9NS/c1-3-6-4(2)5/h2-3,5H2,1H3. The first-order chi connectivity index (χ1) is 2.77. The quantitative estimate of drug-likeness (QED) is 0.567. The van der Waals surface area contributed by atoms with E-state index in [0.29, 0.717) is 5.03 Å². The number of nitrogens with two attached hydrogens (primary N) is 1. The summed E-state index contributed by atoms with van der Waals surface area (Å²) in [7, 11) is 0. The van der Waals surface area contributed by atoms with E-state index in [0.717, 1.165) is 5.75 Å². The fourth-order valence-corrected chi connectivity index (χ4v) is 0.556. The van der Waals surface area contributed by atoms with Gasteiger partial charge in [-0.3, -0.25) is 0 Å². The van der Waals surface area contributed by atoms with Gasteiger partial charge in [-0.15, -0.1) is 11.8 Å². The van der Waals surface area contributed by atoms with Gasteiger partial charge in [0, 0.05) is 0 Å². The van der Waals surface area contributed by atoms with Crippen molar-refractivity contribution in [3.63, 3.8) is 0 Å². The zero-order chi connectivity index (χ0) is 4.99. The van der Waals surface area contributed by atoms with Gasteiger partial charge in [0.25, 0.3) is 0 Å². The van der Waals surface area contributed by atoms with Gasteiger partial charge < -0.3 is 5.73 Å². The van der Waals surface area contributed by atoms with E-state index >= 15 is 0 Å². The molecule has 0 spiro atoms. The van der Waals surface area contributed by atoms with E-state index in [-0.39, 0.29) is 0 Å². The summed E-state index contributed by atoms with van der Waals surface area (Å²) in [4.78, 5) is 0. The van der Waals surface area contributed by atoms with Crippen molar-refractivity contribution in [2.24, 2.45) is 5.73 Å². The summed E-state index contributed by atoms with van der Waals surface area (Å²) in [5.74, 6) is 1.02. The molecule has 0 radical (unpaired) electrons. The molecule has 0 aromatic rings. The fraction of sp³-hybridized carbons (Fsp3) is 0.500. The third-order valence-corrected chi connectivity index (χ3v) is 0.989. The minimum absolute atomic E-state index is 0.706. The highest BCUT2D eigenvalue weighted by Crippen LogP contribution is 2.03. The molecule has 6 heavy (non-hydrogen) atoms. The first-order valence-corrected chi connectivity index (χ1v) is 2.83. The lowest BCUT2D eigenvalue weighted by Gasteiger charge is -1.88. The fourth-order valence-electron chi connectivity index (χ4n) is 0.185. The highest BCUT2D eigenvalue weighted by atomic mass is 32.2. The second-order valence-corrected chi connectivity index (χ2v) is 2.29. The van der Waals surface area contributed by atoms with Crippen LogP contribution in [0, 0.1) is 0 Å². The molecular weight excluding hydrogens is 94.1 g/mol. The van der Waals surface area contributed by atoms with Crippen molar-refractivity contribution in [1.82, 2.24) is 0 Å². The van der Waals surface area contributed by atoms with E-state index in [1.165, 1.54) is 0 Å². The Morgan fingerprint density at radius 3 is 2.50 bits per heavy atom. The normalized spacial score (nSPS) is 8.17. The summed E-state index contributed by atoms with van der Waals surface area (Å²) in [6.45, 7) is 5.53. The van der Waals surface area contributed by atoms with Crippen LogP contribution >= 0.6 is 11.8 Å². The number of thioether (sulfide) groups is 1. The lowest BCUT2D eigenvalue weighted by atomic mass is 11.0. The summed E-state index contributed by atoms with van der Waals surface area (Å²) in [5, 5.41) is 0.706. The molecule has 0 fully saturated rings. The summed E-state index contributed by atoms with van der Waals surface area (Å²) in [5.41, 5.74) is 5.17. The molecule has 1 nitrogen and oxygen atoms in total. The van der Waals surface area contributed by atoms with Crippen molar-refractivity contribution < 1.29 is 0 Å². The third kappa shape index (κ3) is 3.89. The van der Waals surface area contributed by atoms with Crippen molar-refractivity contribution in [2.75, 3.05) is 5.75 Å². The molecule has 0 atom stereocenters. The van der Waals surface area contributed by atoms with Gasteiger partial charge in [0.2, 0.25) is 0 Å². The van der Waals surface area contributed by atoms with Gasteiger partial charge in [-0.25, -0.2) is 0 Å². The molecule has 0 saturated carbocycles. The van der Waals surface area contributed by atoms with Crippen molar-refractivity contribution in [1.29, 1.82) is 0 Å². The monoisotopic (exact) mass is 103 g/mol. The van der Waals surface area contributed by atoms with Crippen molar-refractivity contribution in [3.8, 4) is 0 Å². The van der Waals surface area contributed by atoms with Gasteiger partial charge in [-0.2, -0.15) is 0 Å². The Bertz CT molecular complexity index is 51.5. The van der Waals surface area contributed by atoms with E-state index in [4.69, 9.17) is 5.73 Å². The Kier molecular flexibility index (Phi) is 3.04. The van der Waals surface area contributed by atoms with E-state index in [9.17, 15) is 0 Å². The van der Waals surface area contributed by atoms with Gasteiger partial charge in [-0.1, -0.05) is 13.5 Å². The minimum Gasteiger partial charge on any atom is -0.394 e. The minimum atomic E-state index is 0.706. The van der Waals surface area contributed by atoms with E-state index in [1.807, 2.05) is 6.92 Å². The Hall–Kier alpha value is -0.110. The van der Waals surface area contributed by atoms with E-state index in [2.05, 4.69) is 6.58 Å². The predicted molar refractivity (Wildman–Crippen MR) is 31.5 cm³/mol. The molecule has 0 amide bonds. The van der Waals surface area contributed by atoms with Crippen LogP contribution in [0.5, 0.6) is 0 Å². The Balaban J connectivity index is 2.83. The summed E-state index contributed by atoms with van der Waals surface area (Å²) in [6, 6.07) is 0. The highest BCUT2D eigenvalue weighted by Gasteiger charge is 1.76. The van der Waals surface area contributed by atoms with Crippen molar-refractivity contribution in [2.45, 2.75) is 6.92 Å². The largest absolute Gasteiger partial charge is 0.394 e. The van der Waals surface area contributed by atoms with Gasteiger partial charge in [0.05, 0.1) is 5.03 Å². The second kappa shape index (κ2) is 3.09. The first-order valence-electron chi connectivity index (χ1n) is 1.84. The third-order valence-electron chi connectivity index (χ3n) is 0.330. The summed E-state index contributed by atoms with van der Waals surface area (Å²) in [6.07, 6.45) is 0. The molecule has 0 aromatic heterocycles. The van der Waals surface area contributed by atoms with Gasteiger partial charge in [0.15, 0.2) is 0 Å². The molecule has 0 saturated heterocycles. The SMILES string of the molecule is C=C(N)SCC. The van der Waals surface area contributed by atoms with Crippen LogP contribution < -0.4 is 5.73 Å². The van der Waals surface area contributed by atoms with Crippen molar-refractivity contribution in [3.05, 3.63) is 11.6 Å². The number of hydrogen-bond donors (Lipinski definition) is 1. The lowest BCUT2D eigenvalue weighted by molar-refractivity contribution is 1.50.